The van der Waals surface area contributed by atoms with Crippen LogP contribution in [0.25, 0.3) is 5.52 Å². The Hall–Kier alpha value is -3.29. The third-order valence-corrected chi connectivity index (χ3v) is 7.85. The molecule has 3 aromatic rings. The number of fused-ring (bicyclic) bond motifs is 1. The van der Waals surface area contributed by atoms with E-state index in [1.807, 2.05) is 42.5 Å². The lowest BCUT2D eigenvalue weighted by Gasteiger charge is -2.24. The van der Waals surface area contributed by atoms with Gasteiger partial charge >= 0.3 is 14.5 Å². The van der Waals surface area contributed by atoms with Gasteiger partial charge in [0.05, 0.1) is 18.4 Å². The minimum Gasteiger partial charge on any atom is -0.461 e. The predicted octanol–water partition coefficient (Wildman–Crippen LogP) is 4.46. The van der Waals surface area contributed by atoms with Gasteiger partial charge in [-0.1, -0.05) is 18.2 Å². The number of para-hydroxylation sites is 1. The first-order valence-corrected chi connectivity index (χ1v) is 13.9. The Kier molecular flexibility index (Phi) is 9.85. The summed E-state index contributed by atoms with van der Waals surface area (Å²) in [6, 6.07) is 12.7. The van der Waals surface area contributed by atoms with Crippen LogP contribution in [0.1, 0.15) is 57.2 Å². The van der Waals surface area contributed by atoms with E-state index in [2.05, 4.69) is 21.7 Å². The molecule has 3 N–H and O–H groups in total. The molecule has 11 nitrogen and oxygen atoms in total. The van der Waals surface area contributed by atoms with Crippen molar-refractivity contribution in [2.24, 2.45) is 0 Å². The highest BCUT2D eigenvalue weighted by molar-refractivity contribution is 7.45. The number of nitrogens with zero attached hydrogens (tertiary/aromatic N) is 4. The van der Waals surface area contributed by atoms with Crippen molar-refractivity contribution in [3.05, 3.63) is 54.5 Å². The molecule has 202 valence electrons. The number of nitrogen functional groups attached to an aromatic ring is 1. The number of anilines is 1. The van der Waals surface area contributed by atoms with Gasteiger partial charge in [-0.05, 0) is 69.7 Å². The highest BCUT2D eigenvalue weighted by Crippen LogP contribution is 2.39. The number of carbonyl (C=O) groups excluding carboxylic acids is 1. The second kappa shape index (κ2) is 13.5. The van der Waals surface area contributed by atoms with Gasteiger partial charge in [-0.2, -0.15) is 5.10 Å². The number of nitrogens with one attached hydrogen (secondary N) is 1. The first-order valence-electron chi connectivity index (χ1n) is 12.7. The lowest BCUT2D eigenvalue weighted by Crippen LogP contribution is -2.35. The molecule has 3 heterocycles. The van der Waals surface area contributed by atoms with Crippen LogP contribution >= 0.6 is 8.53 Å². The van der Waals surface area contributed by atoms with E-state index in [0.29, 0.717) is 18.2 Å². The summed E-state index contributed by atoms with van der Waals surface area (Å²) >= 11 is 0. The summed E-state index contributed by atoms with van der Waals surface area (Å²) in [7, 11) is -1.61. The summed E-state index contributed by atoms with van der Waals surface area (Å²) in [4.78, 5) is 16.7. The Morgan fingerprint density at radius 2 is 1.97 bits per heavy atom. The number of nitrogens with two attached hydrogens (primary N) is 1. The van der Waals surface area contributed by atoms with Gasteiger partial charge in [-0.25, -0.2) is 19.8 Å². The van der Waals surface area contributed by atoms with Crippen LogP contribution in [0.4, 0.5) is 5.82 Å². The normalized spacial score (nSPS) is 20.9. The van der Waals surface area contributed by atoms with Crippen molar-refractivity contribution < 1.29 is 23.3 Å². The second-order valence-corrected chi connectivity index (χ2v) is 10.4. The maximum absolute atomic E-state index is 12.6. The number of rotatable bonds is 10. The highest BCUT2D eigenvalue weighted by Gasteiger charge is 2.31. The molecular formula is C26H33N6O5P. The van der Waals surface area contributed by atoms with Gasteiger partial charge in [0.2, 0.25) is 0 Å². The van der Waals surface area contributed by atoms with E-state index in [1.165, 1.54) is 6.33 Å². The third-order valence-electron chi connectivity index (χ3n) is 6.50. The van der Waals surface area contributed by atoms with E-state index in [4.69, 9.17) is 29.5 Å². The van der Waals surface area contributed by atoms with E-state index < -0.39 is 14.6 Å². The molecule has 2 fully saturated rings. The number of nitriles is 1. The number of aromatic nitrogens is 3. The van der Waals surface area contributed by atoms with Crippen molar-refractivity contribution in [2.45, 2.75) is 69.8 Å². The largest absolute Gasteiger partial charge is 0.461 e. The summed E-state index contributed by atoms with van der Waals surface area (Å²) in [6.45, 7) is 5.60. The van der Waals surface area contributed by atoms with Crippen molar-refractivity contribution in [1.82, 2.24) is 19.7 Å². The SMILES string of the molecule is C#N.CC(NP(OCC1CCC(c2ccc3c(N)ncnn23)O1)Oc1ccccc1)C(=O)OC1CCCC1. The van der Waals surface area contributed by atoms with Crippen molar-refractivity contribution in [3.8, 4) is 12.3 Å². The number of hydrogen-bond donors (Lipinski definition) is 2. The van der Waals surface area contributed by atoms with Gasteiger partial charge in [0, 0.05) is 6.57 Å². The molecule has 38 heavy (non-hydrogen) atoms. The van der Waals surface area contributed by atoms with Crippen LogP contribution in [0.2, 0.25) is 0 Å². The molecule has 0 amide bonds. The van der Waals surface area contributed by atoms with Crippen molar-refractivity contribution >= 4 is 25.8 Å². The standard InChI is InChI=1S/C25H32N5O5P.CHN/c1-17(25(31)34-18-7-5-6-8-18)29-36(35-19-9-3-2-4-10-19)32-15-20-11-14-23(33-20)21-12-13-22-24(26)27-16-28-30(21)22;1-2/h2-4,9-10,12-13,16-18,20,23,29H,5-8,11,14-15H2,1H3,(H2,26,27,28);1H. The molecule has 4 unspecified atom stereocenters. The molecule has 5 rings (SSSR count). The van der Waals surface area contributed by atoms with E-state index in [0.717, 1.165) is 49.7 Å². The van der Waals surface area contributed by atoms with Crippen LogP contribution in [0, 0.1) is 11.8 Å². The zero-order valence-corrected chi connectivity index (χ0v) is 22.2. The first-order chi connectivity index (χ1) is 18.6. The Bertz CT molecular complexity index is 1200. The lowest BCUT2D eigenvalue weighted by molar-refractivity contribution is -0.150. The number of carbonyl (C=O) groups is 1. The van der Waals surface area contributed by atoms with Crippen molar-refractivity contribution in [2.75, 3.05) is 12.3 Å². The van der Waals surface area contributed by atoms with Crippen LogP contribution in [0.5, 0.6) is 5.75 Å². The van der Waals surface area contributed by atoms with Crippen molar-refractivity contribution in [1.29, 1.82) is 5.26 Å². The third kappa shape index (κ3) is 6.97. The number of benzene rings is 1. The molecule has 1 saturated carbocycles. The molecule has 0 spiro atoms. The number of ether oxygens (including phenoxy) is 2. The average molecular weight is 541 g/mol. The summed E-state index contributed by atoms with van der Waals surface area (Å²) in [5.41, 5.74) is 7.66. The van der Waals surface area contributed by atoms with E-state index in [-0.39, 0.29) is 24.3 Å². The zero-order chi connectivity index (χ0) is 26.9. The molecule has 12 heteroatoms. The smallest absolute Gasteiger partial charge is 0.323 e. The first kappa shape index (κ1) is 27.7. The Labute approximate surface area is 223 Å². The van der Waals surface area contributed by atoms with Crippen molar-refractivity contribution in [3.63, 3.8) is 0 Å². The average Bonchev–Trinajstić information content (AvgIpc) is 3.70. The Morgan fingerprint density at radius 1 is 1.21 bits per heavy atom. The van der Waals surface area contributed by atoms with Crippen LogP contribution < -0.4 is 15.3 Å². The predicted molar refractivity (Wildman–Crippen MR) is 142 cm³/mol. The Balaban J connectivity index is 0.00000164. The van der Waals surface area contributed by atoms with Crippen LogP contribution in [0.3, 0.4) is 0 Å². The van der Waals surface area contributed by atoms with Gasteiger partial charge in [-0.15, -0.1) is 0 Å². The van der Waals surface area contributed by atoms with Crippen LogP contribution in [0.15, 0.2) is 48.8 Å². The minimum atomic E-state index is -1.61. The van der Waals surface area contributed by atoms with Gasteiger partial charge in [-0.3, -0.25) is 4.79 Å². The van der Waals surface area contributed by atoms with E-state index in [1.54, 1.807) is 11.4 Å². The van der Waals surface area contributed by atoms with Gasteiger partial charge < -0.3 is 24.3 Å². The molecule has 1 aromatic carbocycles. The maximum Gasteiger partial charge on any atom is 0.323 e. The monoisotopic (exact) mass is 540 g/mol. The molecule has 1 saturated heterocycles. The van der Waals surface area contributed by atoms with Crippen LogP contribution in [-0.4, -0.2) is 45.4 Å². The second-order valence-electron chi connectivity index (χ2n) is 9.18. The summed E-state index contributed by atoms with van der Waals surface area (Å²) in [5.74, 6) is 0.812. The molecule has 0 radical (unpaired) electrons. The van der Waals surface area contributed by atoms with Gasteiger partial charge in [0.1, 0.15) is 35.8 Å². The molecule has 2 aliphatic rings. The lowest BCUT2D eigenvalue weighted by atomic mass is 10.1. The van der Waals surface area contributed by atoms with E-state index in [9.17, 15) is 4.79 Å². The topological polar surface area (TPSA) is 146 Å². The number of esters is 1. The molecule has 4 atom stereocenters. The summed E-state index contributed by atoms with van der Waals surface area (Å²) in [5, 5.41) is 14.0. The quantitative estimate of drug-likeness (QED) is 0.279. The van der Waals surface area contributed by atoms with Gasteiger partial charge in [0.15, 0.2) is 5.82 Å². The van der Waals surface area contributed by atoms with E-state index >= 15 is 0 Å². The molecule has 0 bridgehead atoms. The molecule has 2 aromatic heterocycles. The fourth-order valence-electron chi connectivity index (χ4n) is 4.56. The molecule has 1 aliphatic carbocycles. The molecular weight excluding hydrogens is 507 g/mol. The fraction of sp³-hybridized carbons (Fsp3) is 0.462. The highest BCUT2D eigenvalue weighted by atomic mass is 31.2. The number of hydrogen-bond acceptors (Lipinski definition) is 10. The van der Waals surface area contributed by atoms with Crippen LogP contribution in [-0.2, 0) is 18.8 Å². The Morgan fingerprint density at radius 3 is 2.74 bits per heavy atom. The summed E-state index contributed by atoms with van der Waals surface area (Å²) < 4.78 is 25.9. The molecule has 1 aliphatic heterocycles. The zero-order valence-electron chi connectivity index (χ0n) is 21.3. The maximum atomic E-state index is 12.6. The minimum absolute atomic E-state index is 0.0125. The fourth-order valence-corrected chi connectivity index (χ4v) is 5.78. The van der Waals surface area contributed by atoms with Gasteiger partial charge in [0.25, 0.3) is 0 Å². The summed E-state index contributed by atoms with van der Waals surface area (Å²) in [6.07, 6.45) is 6.95.